The molecular formula is C16H21N3O6. The van der Waals surface area contributed by atoms with Crippen molar-refractivity contribution in [1.29, 1.82) is 0 Å². The van der Waals surface area contributed by atoms with Crippen LogP contribution in [0.2, 0.25) is 0 Å². The maximum absolute atomic E-state index is 12.3. The largest absolute Gasteiger partial charge is 0.478 e. The number of carboxylic acid groups (broad SMARTS) is 1. The van der Waals surface area contributed by atoms with E-state index in [-0.39, 0.29) is 28.9 Å². The molecule has 9 nitrogen and oxygen atoms in total. The average Bonchev–Trinajstić information content (AvgIpc) is 2.57. The Balaban J connectivity index is 3.17. The summed E-state index contributed by atoms with van der Waals surface area (Å²) in [6, 6.07) is 2.08. The monoisotopic (exact) mass is 351 g/mol. The Bertz CT molecular complexity index is 672. The summed E-state index contributed by atoms with van der Waals surface area (Å²) in [7, 11) is 5.13. The van der Waals surface area contributed by atoms with Crippen molar-refractivity contribution in [3.05, 3.63) is 28.8 Å². The summed E-state index contributed by atoms with van der Waals surface area (Å²) in [4.78, 5) is 48.2. The smallest absolute Gasteiger partial charge is 0.336 e. The minimum absolute atomic E-state index is 0.0982. The molecule has 0 unspecified atom stereocenters. The van der Waals surface area contributed by atoms with E-state index in [1.807, 2.05) is 19.0 Å². The van der Waals surface area contributed by atoms with Crippen molar-refractivity contribution in [3.8, 4) is 5.75 Å². The number of nitrogens with one attached hydrogen (secondary N) is 2. The summed E-state index contributed by atoms with van der Waals surface area (Å²) in [5, 5.41) is 14.3. The van der Waals surface area contributed by atoms with Crippen LogP contribution in [0.1, 0.15) is 37.5 Å². The molecule has 9 heteroatoms. The Morgan fingerprint density at radius 3 is 2.36 bits per heavy atom. The molecule has 25 heavy (non-hydrogen) atoms. The van der Waals surface area contributed by atoms with E-state index >= 15 is 0 Å². The Morgan fingerprint density at radius 2 is 1.84 bits per heavy atom. The zero-order chi connectivity index (χ0) is 19.0. The number of carbonyl (C=O) groups excluding carboxylic acids is 3. The Labute approximate surface area is 144 Å². The number of carboxylic acids is 1. The van der Waals surface area contributed by atoms with Gasteiger partial charge in [-0.3, -0.25) is 14.4 Å². The minimum Gasteiger partial charge on any atom is -0.478 e. The van der Waals surface area contributed by atoms with Crippen LogP contribution in [0.5, 0.6) is 5.75 Å². The van der Waals surface area contributed by atoms with Gasteiger partial charge in [-0.25, -0.2) is 4.79 Å². The summed E-state index contributed by atoms with van der Waals surface area (Å²) in [5.41, 5.74) is -0.708. The first kappa shape index (κ1) is 20.1. The molecule has 1 aromatic carbocycles. The van der Waals surface area contributed by atoms with Gasteiger partial charge in [-0.1, -0.05) is 0 Å². The first-order valence-corrected chi connectivity index (χ1v) is 7.48. The maximum atomic E-state index is 12.3. The average molecular weight is 351 g/mol. The normalized spacial score (nSPS) is 10.2. The first-order chi connectivity index (χ1) is 11.8. The second-order valence-electron chi connectivity index (χ2n) is 5.41. The fourth-order valence-corrected chi connectivity index (χ4v) is 2.10. The third-order valence-corrected chi connectivity index (χ3v) is 3.31. The van der Waals surface area contributed by atoms with Crippen LogP contribution in [0, 0.1) is 0 Å². The van der Waals surface area contributed by atoms with Gasteiger partial charge in [0.05, 0.1) is 16.7 Å². The summed E-state index contributed by atoms with van der Waals surface area (Å²) in [5.74, 6) is -2.84. The van der Waals surface area contributed by atoms with Gasteiger partial charge in [0.25, 0.3) is 18.3 Å². The predicted molar refractivity (Wildman–Crippen MR) is 89.0 cm³/mol. The molecule has 0 fully saturated rings. The molecule has 0 aliphatic heterocycles. The lowest BCUT2D eigenvalue weighted by molar-refractivity contribution is -0.120. The second kappa shape index (κ2) is 9.38. The number of hydrogen-bond acceptors (Lipinski definition) is 6. The molecule has 0 aliphatic rings. The van der Waals surface area contributed by atoms with Crippen LogP contribution < -0.4 is 15.4 Å². The Kier molecular flexibility index (Phi) is 7.54. The molecule has 1 aromatic rings. The molecule has 0 heterocycles. The SMILES string of the molecule is CNC(=O)c1cc(C(=O)O)c(C(=O)NCCCN(C)C)cc1OC=O. The molecule has 2 amide bonds. The number of rotatable bonds is 9. The molecule has 0 spiro atoms. The van der Waals surface area contributed by atoms with Crippen molar-refractivity contribution in [2.75, 3.05) is 34.2 Å². The number of benzene rings is 1. The van der Waals surface area contributed by atoms with E-state index in [2.05, 4.69) is 10.6 Å². The van der Waals surface area contributed by atoms with E-state index in [4.69, 9.17) is 4.74 Å². The Hall–Kier alpha value is -2.94. The van der Waals surface area contributed by atoms with Gasteiger partial charge in [0.1, 0.15) is 5.75 Å². The summed E-state index contributed by atoms with van der Waals surface area (Å²) < 4.78 is 4.72. The fourth-order valence-electron chi connectivity index (χ4n) is 2.10. The van der Waals surface area contributed by atoms with Crippen LogP contribution in [-0.2, 0) is 4.79 Å². The molecule has 0 aliphatic carbocycles. The van der Waals surface area contributed by atoms with E-state index < -0.39 is 17.8 Å². The molecule has 0 aromatic heterocycles. The maximum Gasteiger partial charge on any atom is 0.336 e. The predicted octanol–water partition coefficient (Wildman–Crippen LogP) is -0.0389. The lowest BCUT2D eigenvalue weighted by Gasteiger charge is -2.13. The van der Waals surface area contributed by atoms with Gasteiger partial charge in [0.15, 0.2) is 0 Å². The van der Waals surface area contributed by atoms with E-state index in [1.54, 1.807) is 0 Å². The van der Waals surface area contributed by atoms with Gasteiger partial charge in [-0.05, 0) is 39.2 Å². The van der Waals surface area contributed by atoms with Gasteiger partial charge in [0, 0.05) is 13.6 Å². The number of amides is 2. The third kappa shape index (κ3) is 5.57. The van der Waals surface area contributed by atoms with Crippen molar-refractivity contribution in [3.63, 3.8) is 0 Å². The summed E-state index contributed by atoms with van der Waals surface area (Å²) >= 11 is 0. The Morgan fingerprint density at radius 1 is 1.16 bits per heavy atom. The number of hydrogen-bond donors (Lipinski definition) is 3. The van der Waals surface area contributed by atoms with E-state index in [0.29, 0.717) is 13.0 Å². The van der Waals surface area contributed by atoms with Crippen LogP contribution in [0.25, 0.3) is 0 Å². The highest BCUT2D eigenvalue weighted by Gasteiger charge is 2.23. The molecule has 0 bridgehead atoms. The van der Waals surface area contributed by atoms with Crippen molar-refractivity contribution in [1.82, 2.24) is 15.5 Å². The van der Waals surface area contributed by atoms with Crippen LogP contribution >= 0.6 is 0 Å². The number of ether oxygens (including phenoxy) is 1. The van der Waals surface area contributed by atoms with E-state index in [0.717, 1.165) is 18.7 Å². The number of carbonyl (C=O) groups is 4. The molecule has 136 valence electrons. The van der Waals surface area contributed by atoms with Crippen molar-refractivity contribution in [2.24, 2.45) is 0 Å². The molecular weight excluding hydrogens is 330 g/mol. The minimum atomic E-state index is -1.37. The van der Waals surface area contributed by atoms with Gasteiger partial charge in [-0.2, -0.15) is 0 Å². The third-order valence-electron chi connectivity index (χ3n) is 3.31. The number of aromatic carboxylic acids is 1. The van der Waals surface area contributed by atoms with Gasteiger partial charge in [0.2, 0.25) is 0 Å². The highest BCUT2D eigenvalue weighted by Crippen LogP contribution is 2.24. The molecule has 0 saturated carbocycles. The van der Waals surface area contributed by atoms with Crippen molar-refractivity contribution in [2.45, 2.75) is 6.42 Å². The van der Waals surface area contributed by atoms with E-state index in [1.165, 1.54) is 7.05 Å². The molecule has 0 saturated heterocycles. The first-order valence-electron chi connectivity index (χ1n) is 7.48. The van der Waals surface area contributed by atoms with Crippen LogP contribution in [-0.4, -0.2) is 68.5 Å². The molecule has 0 atom stereocenters. The van der Waals surface area contributed by atoms with Crippen molar-refractivity contribution >= 4 is 24.3 Å². The highest BCUT2D eigenvalue weighted by molar-refractivity contribution is 6.08. The zero-order valence-electron chi connectivity index (χ0n) is 14.3. The van der Waals surface area contributed by atoms with Crippen LogP contribution in [0.4, 0.5) is 0 Å². The zero-order valence-corrected chi connectivity index (χ0v) is 14.3. The standard InChI is InChI=1S/C16H21N3O6/c1-17-14(21)12-7-11(16(23)24)10(8-13(12)25-9-20)15(22)18-5-4-6-19(2)3/h7-9H,4-6H2,1-3H3,(H,17,21)(H,18,22)(H,23,24). The van der Waals surface area contributed by atoms with Gasteiger partial charge >= 0.3 is 5.97 Å². The van der Waals surface area contributed by atoms with Gasteiger partial charge < -0.3 is 25.4 Å². The van der Waals surface area contributed by atoms with Crippen LogP contribution in [0.3, 0.4) is 0 Å². The highest BCUT2D eigenvalue weighted by atomic mass is 16.5. The van der Waals surface area contributed by atoms with E-state index in [9.17, 15) is 24.3 Å². The van der Waals surface area contributed by atoms with Gasteiger partial charge in [-0.15, -0.1) is 0 Å². The molecule has 1 rings (SSSR count). The molecule has 3 N–H and O–H groups in total. The quantitative estimate of drug-likeness (QED) is 0.421. The lowest BCUT2D eigenvalue weighted by Crippen LogP contribution is -2.29. The number of nitrogens with zero attached hydrogens (tertiary/aromatic N) is 1. The lowest BCUT2D eigenvalue weighted by atomic mass is 10.0. The summed E-state index contributed by atoms with van der Waals surface area (Å²) in [6.45, 7) is 1.19. The van der Waals surface area contributed by atoms with Crippen molar-refractivity contribution < 1.29 is 29.0 Å². The summed E-state index contributed by atoms with van der Waals surface area (Å²) in [6.07, 6.45) is 0.676. The fraction of sp³-hybridized carbons (Fsp3) is 0.375. The van der Waals surface area contributed by atoms with Crippen LogP contribution in [0.15, 0.2) is 12.1 Å². The molecule has 0 radical (unpaired) electrons. The second-order valence-corrected chi connectivity index (χ2v) is 5.41. The topological polar surface area (TPSA) is 125 Å².